The third-order valence-electron chi connectivity index (χ3n) is 2.85. The molecule has 0 saturated heterocycles. The summed E-state index contributed by atoms with van der Waals surface area (Å²) in [6.07, 6.45) is 8.25. The molecule has 1 aromatic rings. The van der Waals surface area contributed by atoms with Gasteiger partial charge in [-0.2, -0.15) is 0 Å². The van der Waals surface area contributed by atoms with Crippen molar-refractivity contribution < 1.29 is 4.63 Å². The Balaban J connectivity index is 1.71. The van der Waals surface area contributed by atoms with Crippen molar-refractivity contribution in [1.29, 1.82) is 0 Å². The predicted octanol–water partition coefficient (Wildman–Crippen LogP) is 1.82. The van der Waals surface area contributed by atoms with E-state index in [0.29, 0.717) is 0 Å². The van der Waals surface area contributed by atoms with Gasteiger partial charge in [0.1, 0.15) is 11.4 Å². The van der Waals surface area contributed by atoms with Crippen LogP contribution in [0.15, 0.2) is 16.8 Å². The van der Waals surface area contributed by atoms with Crippen LogP contribution in [0.4, 0.5) is 0 Å². The van der Waals surface area contributed by atoms with Gasteiger partial charge in [0.15, 0.2) is 0 Å². The molecule has 4 nitrogen and oxygen atoms in total. The van der Waals surface area contributed by atoms with Gasteiger partial charge in [-0.05, 0) is 38.6 Å². The first kappa shape index (κ1) is 10.4. The van der Waals surface area contributed by atoms with Crippen molar-refractivity contribution in [3.05, 3.63) is 23.5 Å². The van der Waals surface area contributed by atoms with Crippen molar-refractivity contribution in [2.75, 3.05) is 6.54 Å². The van der Waals surface area contributed by atoms with Gasteiger partial charge in [-0.1, -0.05) is 22.5 Å². The Morgan fingerprint density at radius 1 is 1.47 bits per heavy atom. The Morgan fingerprint density at radius 3 is 3.07 bits per heavy atom. The molecular formula is C11H17N3O. The van der Waals surface area contributed by atoms with Gasteiger partial charge >= 0.3 is 0 Å². The predicted molar refractivity (Wildman–Crippen MR) is 57.2 cm³/mol. The molecule has 82 valence electrons. The zero-order valence-electron chi connectivity index (χ0n) is 9.07. The molecule has 15 heavy (non-hydrogen) atoms. The van der Waals surface area contributed by atoms with E-state index in [0.717, 1.165) is 30.4 Å². The molecule has 0 spiro atoms. The van der Waals surface area contributed by atoms with E-state index in [1.807, 2.05) is 6.92 Å². The third kappa shape index (κ3) is 2.89. The Morgan fingerprint density at radius 2 is 2.40 bits per heavy atom. The SMILES string of the molecule is Cc1nonc1CNCC1CC=CCC1. The number of rotatable bonds is 4. The first-order valence-electron chi connectivity index (χ1n) is 5.50. The lowest BCUT2D eigenvalue weighted by molar-refractivity contribution is 0.300. The summed E-state index contributed by atoms with van der Waals surface area (Å²) < 4.78 is 4.64. The Labute approximate surface area is 89.7 Å². The Hall–Kier alpha value is -1.16. The highest BCUT2D eigenvalue weighted by Crippen LogP contribution is 2.16. The molecular weight excluding hydrogens is 190 g/mol. The van der Waals surface area contributed by atoms with E-state index in [9.17, 15) is 0 Å². The molecule has 1 aliphatic rings. The van der Waals surface area contributed by atoms with E-state index in [1.54, 1.807) is 0 Å². The summed E-state index contributed by atoms with van der Waals surface area (Å²) in [5.41, 5.74) is 1.80. The van der Waals surface area contributed by atoms with Crippen LogP contribution in [0.1, 0.15) is 30.7 Å². The Kier molecular flexibility index (Phi) is 3.50. The minimum absolute atomic E-state index is 0.759. The molecule has 0 fully saturated rings. The molecule has 1 heterocycles. The van der Waals surface area contributed by atoms with Crippen molar-refractivity contribution in [3.63, 3.8) is 0 Å². The van der Waals surface area contributed by atoms with Crippen molar-refractivity contribution in [1.82, 2.24) is 15.6 Å². The lowest BCUT2D eigenvalue weighted by atomic mass is 9.94. The lowest BCUT2D eigenvalue weighted by Crippen LogP contribution is -2.23. The monoisotopic (exact) mass is 207 g/mol. The average molecular weight is 207 g/mol. The number of allylic oxidation sites excluding steroid dienone is 2. The standard InChI is InChI=1S/C11H17N3O/c1-9-11(14-15-13-9)8-12-7-10-5-3-2-4-6-10/h2-3,10,12H,4-8H2,1H3. The maximum atomic E-state index is 4.64. The van der Waals surface area contributed by atoms with E-state index in [4.69, 9.17) is 0 Å². The van der Waals surface area contributed by atoms with Crippen LogP contribution >= 0.6 is 0 Å². The van der Waals surface area contributed by atoms with Crippen molar-refractivity contribution >= 4 is 0 Å². The second-order valence-corrected chi connectivity index (χ2v) is 4.08. The lowest BCUT2D eigenvalue weighted by Gasteiger charge is -2.17. The maximum absolute atomic E-state index is 4.64. The summed E-state index contributed by atoms with van der Waals surface area (Å²) >= 11 is 0. The normalized spacial score (nSPS) is 20.7. The number of hydrogen-bond donors (Lipinski definition) is 1. The fourth-order valence-corrected chi connectivity index (χ4v) is 1.85. The summed E-state index contributed by atoms with van der Waals surface area (Å²) in [7, 11) is 0. The van der Waals surface area contributed by atoms with Crippen LogP contribution in [0.2, 0.25) is 0 Å². The number of aryl methyl sites for hydroxylation is 1. The highest BCUT2D eigenvalue weighted by molar-refractivity contribution is 5.03. The average Bonchev–Trinajstić information content (AvgIpc) is 2.66. The molecule has 1 atom stereocenters. The molecule has 1 unspecified atom stereocenters. The van der Waals surface area contributed by atoms with Crippen LogP contribution in [0.3, 0.4) is 0 Å². The second kappa shape index (κ2) is 5.07. The highest BCUT2D eigenvalue weighted by Gasteiger charge is 2.10. The zero-order valence-corrected chi connectivity index (χ0v) is 9.07. The van der Waals surface area contributed by atoms with E-state index < -0.39 is 0 Å². The van der Waals surface area contributed by atoms with Gasteiger partial charge < -0.3 is 5.32 Å². The summed E-state index contributed by atoms with van der Waals surface area (Å²) in [4.78, 5) is 0. The molecule has 4 heteroatoms. The summed E-state index contributed by atoms with van der Waals surface area (Å²) in [5.74, 6) is 0.773. The van der Waals surface area contributed by atoms with Crippen LogP contribution in [0, 0.1) is 12.8 Å². The second-order valence-electron chi connectivity index (χ2n) is 4.08. The van der Waals surface area contributed by atoms with Crippen LogP contribution in [0.5, 0.6) is 0 Å². The largest absolute Gasteiger partial charge is 0.311 e. The van der Waals surface area contributed by atoms with Crippen molar-refractivity contribution in [2.24, 2.45) is 5.92 Å². The first-order valence-corrected chi connectivity index (χ1v) is 5.50. The van der Waals surface area contributed by atoms with Crippen molar-refractivity contribution in [2.45, 2.75) is 32.7 Å². The van der Waals surface area contributed by atoms with Gasteiger partial charge in [-0.15, -0.1) is 0 Å². The number of nitrogens with one attached hydrogen (secondary N) is 1. The first-order chi connectivity index (χ1) is 7.36. The van der Waals surface area contributed by atoms with Crippen LogP contribution < -0.4 is 5.32 Å². The summed E-state index contributed by atoms with van der Waals surface area (Å²) in [5, 5.41) is 11.0. The minimum atomic E-state index is 0.759. The van der Waals surface area contributed by atoms with E-state index in [-0.39, 0.29) is 0 Å². The third-order valence-corrected chi connectivity index (χ3v) is 2.85. The quantitative estimate of drug-likeness (QED) is 0.765. The number of nitrogens with zero attached hydrogens (tertiary/aromatic N) is 2. The Bertz CT molecular complexity index is 332. The van der Waals surface area contributed by atoms with E-state index >= 15 is 0 Å². The van der Waals surface area contributed by atoms with Crippen LogP contribution in [-0.4, -0.2) is 16.9 Å². The summed E-state index contributed by atoms with van der Waals surface area (Å²) in [6.45, 7) is 3.73. The molecule has 0 amide bonds. The fourth-order valence-electron chi connectivity index (χ4n) is 1.85. The zero-order chi connectivity index (χ0) is 10.5. The molecule has 0 aliphatic heterocycles. The number of aromatic nitrogens is 2. The number of hydrogen-bond acceptors (Lipinski definition) is 4. The van der Waals surface area contributed by atoms with Gasteiger partial charge in [0.05, 0.1) is 0 Å². The van der Waals surface area contributed by atoms with Gasteiger partial charge in [-0.3, -0.25) is 0 Å². The summed E-state index contributed by atoms with van der Waals surface area (Å²) in [6, 6.07) is 0. The molecule has 0 radical (unpaired) electrons. The fraction of sp³-hybridized carbons (Fsp3) is 0.636. The molecule has 0 aromatic carbocycles. The topological polar surface area (TPSA) is 51.0 Å². The molecule has 1 aromatic heterocycles. The smallest absolute Gasteiger partial charge is 0.121 e. The van der Waals surface area contributed by atoms with Crippen LogP contribution in [0.25, 0.3) is 0 Å². The van der Waals surface area contributed by atoms with Crippen LogP contribution in [-0.2, 0) is 6.54 Å². The molecule has 0 saturated carbocycles. The van der Waals surface area contributed by atoms with E-state index in [1.165, 1.54) is 19.3 Å². The molecule has 1 N–H and O–H groups in total. The van der Waals surface area contributed by atoms with Crippen molar-refractivity contribution in [3.8, 4) is 0 Å². The highest BCUT2D eigenvalue weighted by atomic mass is 16.6. The maximum Gasteiger partial charge on any atom is 0.121 e. The van der Waals surface area contributed by atoms with Gasteiger partial charge in [0.25, 0.3) is 0 Å². The van der Waals surface area contributed by atoms with Gasteiger partial charge in [0.2, 0.25) is 0 Å². The van der Waals surface area contributed by atoms with E-state index in [2.05, 4.69) is 32.4 Å². The molecule has 0 bridgehead atoms. The minimum Gasteiger partial charge on any atom is -0.311 e. The molecule has 1 aliphatic carbocycles. The van der Waals surface area contributed by atoms with Gasteiger partial charge in [-0.25, -0.2) is 4.63 Å². The van der Waals surface area contributed by atoms with Gasteiger partial charge in [0, 0.05) is 6.54 Å². The molecule has 2 rings (SSSR count).